The lowest BCUT2D eigenvalue weighted by Gasteiger charge is -2.10. The number of benzene rings is 1. The van der Waals surface area contributed by atoms with E-state index in [4.69, 9.17) is 16.3 Å². The zero-order valence-electron chi connectivity index (χ0n) is 17.8. The molecule has 166 valence electrons. The summed E-state index contributed by atoms with van der Waals surface area (Å²) in [6.07, 6.45) is 6.91. The van der Waals surface area contributed by atoms with Crippen LogP contribution in [0.1, 0.15) is 0 Å². The second-order valence-electron chi connectivity index (χ2n) is 7.19. The molecular weight excluding hydrogens is 444 g/mol. The lowest BCUT2D eigenvalue weighted by molar-refractivity contribution is -0.115. The van der Waals surface area contributed by atoms with E-state index >= 15 is 0 Å². The van der Waals surface area contributed by atoms with Crippen LogP contribution in [0.25, 0.3) is 33.5 Å². The predicted molar refractivity (Wildman–Crippen MR) is 125 cm³/mol. The van der Waals surface area contributed by atoms with E-state index < -0.39 is 0 Å². The number of amides is 1. The van der Waals surface area contributed by atoms with Crippen LogP contribution in [0.2, 0.25) is 5.02 Å². The largest absolute Gasteiger partial charge is 0.494 e. The molecule has 0 aliphatic carbocycles. The van der Waals surface area contributed by atoms with Crippen molar-refractivity contribution < 1.29 is 9.53 Å². The fraction of sp³-hybridized carbons (Fsp3) is 0.136. The SMILES string of the molecule is CNCC(=O)Nc1nn(-c2cc(Cl)ccc2OC)c2cc(-c3cnn4cccnc34)ncc12. The van der Waals surface area contributed by atoms with Crippen LogP contribution in [-0.4, -0.2) is 56.0 Å². The first-order valence-corrected chi connectivity index (χ1v) is 10.4. The summed E-state index contributed by atoms with van der Waals surface area (Å²) in [5.74, 6) is 0.732. The van der Waals surface area contributed by atoms with Crippen molar-refractivity contribution in [3.8, 4) is 22.7 Å². The fourth-order valence-electron chi connectivity index (χ4n) is 3.61. The summed E-state index contributed by atoms with van der Waals surface area (Å²) in [6, 6.07) is 8.94. The maximum atomic E-state index is 12.3. The summed E-state index contributed by atoms with van der Waals surface area (Å²) in [7, 11) is 3.27. The number of pyridine rings is 1. The first kappa shape index (κ1) is 20.9. The summed E-state index contributed by atoms with van der Waals surface area (Å²) < 4.78 is 8.90. The molecule has 11 heteroatoms. The molecule has 0 aliphatic rings. The number of hydrogen-bond donors (Lipinski definition) is 2. The minimum atomic E-state index is -0.224. The zero-order valence-corrected chi connectivity index (χ0v) is 18.5. The topological polar surface area (TPSA) is 111 Å². The maximum absolute atomic E-state index is 12.3. The van der Waals surface area contributed by atoms with Crippen molar-refractivity contribution in [2.75, 3.05) is 26.0 Å². The molecule has 0 saturated carbocycles. The van der Waals surface area contributed by atoms with Crippen molar-refractivity contribution in [1.82, 2.24) is 34.7 Å². The Morgan fingerprint density at radius 3 is 2.91 bits per heavy atom. The van der Waals surface area contributed by atoms with Crippen molar-refractivity contribution in [2.24, 2.45) is 0 Å². The van der Waals surface area contributed by atoms with Crippen molar-refractivity contribution in [2.45, 2.75) is 0 Å². The van der Waals surface area contributed by atoms with E-state index in [2.05, 4.69) is 30.8 Å². The third-order valence-corrected chi connectivity index (χ3v) is 5.32. The number of rotatable bonds is 6. The highest BCUT2D eigenvalue weighted by atomic mass is 35.5. The van der Waals surface area contributed by atoms with Gasteiger partial charge in [0.05, 0.1) is 42.0 Å². The summed E-state index contributed by atoms with van der Waals surface area (Å²) in [5.41, 5.74) is 3.43. The third kappa shape index (κ3) is 3.75. The fourth-order valence-corrected chi connectivity index (χ4v) is 3.77. The normalized spacial score (nSPS) is 11.2. The van der Waals surface area contributed by atoms with Crippen LogP contribution in [0.4, 0.5) is 5.82 Å². The Bertz CT molecular complexity index is 1490. The minimum absolute atomic E-state index is 0.147. The molecule has 4 aromatic heterocycles. The Morgan fingerprint density at radius 2 is 2.09 bits per heavy atom. The summed E-state index contributed by atoms with van der Waals surface area (Å²) >= 11 is 6.28. The van der Waals surface area contributed by atoms with Gasteiger partial charge in [0.1, 0.15) is 11.4 Å². The van der Waals surface area contributed by atoms with Crippen molar-refractivity contribution in [3.05, 3.63) is 60.1 Å². The summed E-state index contributed by atoms with van der Waals surface area (Å²) in [4.78, 5) is 21.3. The Kier molecular flexibility index (Phi) is 5.37. The molecule has 0 saturated heterocycles. The van der Waals surface area contributed by atoms with Crippen molar-refractivity contribution >= 4 is 39.9 Å². The first-order chi connectivity index (χ1) is 16.1. The van der Waals surface area contributed by atoms with Crippen LogP contribution < -0.4 is 15.4 Å². The molecule has 33 heavy (non-hydrogen) atoms. The van der Waals surface area contributed by atoms with E-state index in [0.717, 1.165) is 5.56 Å². The lowest BCUT2D eigenvalue weighted by Crippen LogP contribution is -2.25. The van der Waals surface area contributed by atoms with Crippen LogP contribution in [0.5, 0.6) is 5.75 Å². The molecule has 0 bridgehead atoms. The van der Waals surface area contributed by atoms with Gasteiger partial charge in [-0.05, 0) is 37.4 Å². The number of aromatic nitrogens is 6. The second-order valence-corrected chi connectivity index (χ2v) is 7.62. The van der Waals surface area contributed by atoms with E-state index in [-0.39, 0.29) is 12.5 Å². The molecule has 2 N–H and O–H groups in total. The molecule has 4 heterocycles. The van der Waals surface area contributed by atoms with Gasteiger partial charge in [0.15, 0.2) is 11.5 Å². The molecule has 0 fully saturated rings. The lowest BCUT2D eigenvalue weighted by atomic mass is 10.2. The second kappa shape index (κ2) is 8.49. The highest BCUT2D eigenvalue weighted by Crippen LogP contribution is 2.33. The van der Waals surface area contributed by atoms with Crippen LogP contribution in [0, 0.1) is 0 Å². The smallest absolute Gasteiger partial charge is 0.239 e. The van der Waals surface area contributed by atoms with E-state index in [0.29, 0.717) is 44.5 Å². The quantitative estimate of drug-likeness (QED) is 0.399. The average Bonchev–Trinajstić information content (AvgIpc) is 3.40. The molecular formula is C22H19ClN8O2. The van der Waals surface area contributed by atoms with E-state index in [1.807, 2.05) is 12.3 Å². The molecule has 5 aromatic rings. The first-order valence-electron chi connectivity index (χ1n) is 10.0. The van der Waals surface area contributed by atoms with Crippen molar-refractivity contribution in [3.63, 3.8) is 0 Å². The Hall–Kier alpha value is -4.02. The molecule has 0 atom stereocenters. The van der Waals surface area contributed by atoms with Crippen LogP contribution in [0.15, 0.2) is 55.1 Å². The highest BCUT2D eigenvalue weighted by molar-refractivity contribution is 6.30. The Balaban J connectivity index is 1.73. The molecule has 1 aromatic carbocycles. The van der Waals surface area contributed by atoms with Crippen LogP contribution in [0.3, 0.4) is 0 Å². The van der Waals surface area contributed by atoms with Gasteiger partial charge in [-0.25, -0.2) is 14.2 Å². The molecule has 10 nitrogen and oxygen atoms in total. The van der Waals surface area contributed by atoms with Gasteiger partial charge < -0.3 is 15.4 Å². The number of likely N-dealkylation sites (N-methyl/N-ethyl adjacent to an activating group) is 1. The maximum Gasteiger partial charge on any atom is 0.239 e. The molecule has 0 radical (unpaired) electrons. The molecule has 0 aliphatic heterocycles. The van der Waals surface area contributed by atoms with Crippen LogP contribution in [-0.2, 0) is 4.79 Å². The third-order valence-electron chi connectivity index (χ3n) is 5.08. The minimum Gasteiger partial charge on any atom is -0.494 e. The summed E-state index contributed by atoms with van der Waals surface area (Å²) in [6.45, 7) is 0.147. The number of anilines is 1. The number of halogens is 1. The molecule has 1 amide bonds. The molecule has 5 rings (SSSR count). The van der Waals surface area contributed by atoms with Gasteiger partial charge in [0.25, 0.3) is 0 Å². The number of ether oxygens (including phenoxy) is 1. The van der Waals surface area contributed by atoms with Crippen molar-refractivity contribution in [1.29, 1.82) is 0 Å². The van der Waals surface area contributed by atoms with E-state index in [9.17, 15) is 4.79 Å². The Labute approximate surface area is 193 Å². The monoisotopic (exact) mass is 462 g/mol. The zero-order chi connectivity index (χ0) is 22.9. The van der Waals surface area contributed by atoms with Crippen LogP contribution >= 0.6 is 11.6 Å². The van der Waals surface area contributed by atoms with Gasteiger partial charge in [-0.2, -0.15) is 5.10 Å². The number of methoxy groups -OCH3 is 1. The average molecular weight is 463 g/mol. The number of carbonyl (C=O) groups is 1. The summed E-state index contributed by atoms with van der Waals surface area (Å²) in [5, 5.41) is 15.9. The standard InChI is InChI=1S/C22H19ClN8O2/c1-24-12-20(32)28-21-15-10-26-16(14-11-27-30-7-3-6-25-22(14)30)9-17(15)31(29-21)18-8-13(23)4-5-19(18)33-2/h3-11,24H,12H2,1-2H3,(H,28,29,32). The Morgan fingerprint density at radius 1 is 1.21 bits per heavy atom. The van der Waals surface area contributed by atoms with E-state index in [1.54, 1.807) is 66.2 Å². The highest BCUT2D eigenvalue weighted by Gasteiger charge is 2.19. The number of hydrogen-bond acceptors (Lipinski definition) is 7. The van der Waals surface area contributed by atoms with Gasteiger partial charge in [-0.3, -0.25) is 9.78 Å². The number of carbonyl (C=O) groups excluding carboxylic acids is 1. The van der Waals surface area contributed by atoms with Gasteiger partial charge in [0.2, 0.25) is 5.91 Å². The number of fused-ring (bicyclic) bond motifs is 2. The van der Waals surface area contributed by atoms with Gasteiger partial charge in [-0.15, -0.1) is 5.10 Å². The number of nitrogens with zero attached hydrogens (tertiary/aromatic N) is 6. The van der Waals surface area contributed by atoms with Gasteiger partial charge in [-0.1, -0.05) is 11.6 Å². The predicted octanol–water partition coefficient (Wildman–Crippen LogP) is 2.95. The van der Waals surface area contributed by atoms with Gasteiger partial charge in [0, 0.05) is 23.6 Å². The molecule has 0 spiro atoms. The van der Waals surface area contributed by atoms with Gasteiger partial charge >= 0.3 is 0 Å². The number of nitrogens with one attached hydrogen (secondary N) is 2. The molecule has 0 unspecified atom stereocenters. The van der Waals surface area contributed by atoms with E-state index in [1.165, 1.54) is 0 Å².